The molecule has 4 nitrogen and oxygen atoms in total. The fraction of sp³-hybridized carbons (Fsp3) is 0.778. The van der Waals surface area contributed by atoms with E-state index in [4.69, 9.17) is 0 Å². The van der Waals surface area contributed by atoms with Crippen LogP contribution in [-0.4, -0.2) is 46.5 Å². The number of alkyl halides is 1. The fourth-order valence-corrected chi connectivity index (χ4v) is 2.29. The number of urea groups is 1. The molecule has 3 rings (SSSR count). The molecular formula is C9H11FN2O2. The maximum Gasteiger partial charge on any atom is 0.327 e. The van der Waals surface area contributed by atoms with Crippen molar-refractivity contribution in [1.82, 2.24) is 9.80 Å². The number of rotatable bonds is 1. The van der Waals surface area contributed by atoms with Crippen molar-refractivity contribution in [3.05, 3.63) is 0 Å². The summed E-state index contributed by atoms with van der Waals surface area (Å²) in [4.78, 5) is 26.1. The second-order valence-electron chi connectivity index (χ2n) is 4.22. The van der Waals surface area contributed by atoms with Crippen LogP contribution < -0.4 is 0 Å². The number of imide groups is 1. The van der Waals surface area contributed by atoms with Gasteiger partial charge in [0.1, 0.15) is 12.2 Å². The Hall–Kier alpha value is -1.13. The molecule has 0 spiro atoms. The summed E-state index contributed by atoms with van der Waals surface area (Å²) >= 11 is 0. The summed E-state index contributed by atoms with van der Waals surface area (Å²) in [6.45, 7) is 0.0957. The van der Waals surface area contributed by atoms with E-state index in [0.717, 1.165) is 12.8 Å². The highest BCUT2D eigenvalue weighted by molar-refractivity contribution is 6.05. The molecule has 2 aliphatic heterocycles. The van der Waals surface area contributed by atoms with E-state index in [-0.39, 0.29) is 30.9 Å². The number of hydrogen-bond donors (Lipinski definition) is 0. The molecule has 1 saturated carbocycles. The number of amides is 3. The van der Waals surface area contributed by atoms with Gasteiger partial charge in [0.15, 0.2) is 0 Å². The van der Waals surface area contributed by atoms with E-state index in [2.05, 4.69) is 0 Å². The first-order valence-electron chi connectivity index (χ1n) is 4.96. The van der Waals surface area contributed by atoms with E-state index in [0.29, 0.717) is 0 Å². The molecule has 1 aliphatic carbocycles. The van der Waals surface area contributed by atoms with Crippen molar-refractivity contribution in [1.29, 1.82) is 0 Å². The molecule has 0 aromatic carbocycles. The predicted molar refractivity (Wildman–Crippen MR) is 45.3 cm³/mol. The summed E-state index contributed by atoms with van der Waals surface area (Å²) in [5.74, 6) is -0.183. The monoisotopic (exact) mass is 198 g/mol. The topological polar surface area (TPSA) is 40.6 Å². The van der Waals surface area contributed by atoms with Crippen LogP contribution in [0.2, 0.25) is 0 Å². The van der Waals surface area contributed by atoms with Gasteiger partial charge < -0.3 is 4.90 Å². The number of nitrogens with zero attached hydrogens (tertiary/aromatic N) is 2. The number of fused-ring (bicyclic) bond motifs is 1. The summed E-state index contributed by atoms with van der Waals surface area (Å²) in [6, 6.07) is -0.667. The molecule has 3 fully saturated rings. The van der Waals surface area contributed by atoms with Crippen LogP contribution in [-0.2, 0) is 4.79 Å². The molecule has 5 heteroatoms. The third-order valence-corrected chi connectivity index (χ3v) is 3.14. The van der Waals surface area contributed by atoms with Gasteiger partial charge in [-0.05, 0) is 12.8 Å². The van der Waals surface area contributed by atoms with Gasteiger partial charge >= 0.3 is 6.03 Å². The highest BCUT2D eigenvalue weighted by Gasteiger charge is 2.54. The number of carbonyl (C=O) groups excluding carboxylic acids is 2. The molecule has 76 valence electrons. The number of halogens is 1. The van der Waals surface area contributed by atoms with E-state index in [1.807, 2.05) is 0 Å². The standard InChI is InChI=1S/C9H11FN2O2/c10-5-3-7-8(13)12(6-1-2-6)9(14)11(7)4-5/h5-7H,1-4H2/t5-,7-/m0/s1. The fourth-order valence-electron chi connectivity index (χ4n) is 2.29. The van der Waals surface area contributed by atoms with Crippen LogP contribution in [0.25, 0.3) is 0 Å². The summed E-state index contributed by atoms with van der Waals surface area (Å²) < 4.78 is 13.0. The zero-order valence-corrected chi connectivity index (χ0v) is 7.65. The van der Waals surface area contributed by atoms with E-state index < -0.39 is 12.2 Å². The van der Waals surface area contributed by atoms with Gasteiger partial charge in [0.2, 0.25) is 0 Å². The van der Waals surface area contributed by atoms with Crippen molar-refractivity contribution in [3.63, 3.8) is 0 Å². The van der Waals surface area contributed by atoms with Gasteiger partial charge in [-0.25, -0.2) is 9.18 Å². The SMILES string of the molecule is O=C1[C@@H]2C[C@H](F)CN2C(=O)N1C1CC1. The normalized spacial score (nSPS) is 36.9. The van der Waals surface area contributed by atoms with E-state index in [1.54, 1.807) is 0 Å². The van der Waals surface area contributed by atoms with Crippen molar-refractivity contribution in [2.45, 2.75) is 37.5 Å². The third kappa shape index (κ3) is 0.923. The van der Waals surface area contributed by atoms with Crippen molar-refractivity contribution < 1.29 is 14.0 Å². The predicted octanol–water partition coefficient (Wildman–Crippen LogP) is 0.523. The second-order valence-corrected chi connectivity index (χ2v) is 4.22. The lowest BCUT2D eigenvalue weighted by molar-refractivity contribution is -0.128. The largest absolute Gasteiger partial charge is 0.327 e. The van der Waals surface area contributed by atoms with E-state index >= 15 is 0 Å². The molecule has 0 N–H and O–H groups in total. The van der Waals surface area contributed by atoms with Crippen molar-refractivity contribution in [3.8, 4) is 0 Å². The van der Waals surface area contributed by atoms with Crippen molar-refractivity contribution in [2.24, 2.45) is 0 Å². The van der Waals surface area contributed by atoms with Gasteiger partial charge in [0, 0.05) is 12.5 Å². The van der Waals surface area contributed by atoms with Crippen LogP contribution in [0, 0.1) is 0 Å². The van der Waals surface area contributed by atoms with E-state index in [1.165, 1.54) is 9.80 Å². The minimum Gasteiger partial charge on any atom is -0.309 e. The second kappa shape index (κ2) is 2.46. The molecule has 2 saturated heterocycles. The molecule has 14 heavy (non-hydrogen) atoms. The van der Waals surface area contributed by atoms with Gasteiger partial charge in [-0.1, -0.05) is 0 Å². The zero-order valence-electron chi connectivity index (χ0n) is 7.65. The first kappa shape index (κ1) is 8.20. The van der Waals surface area contributed by atoms with Gasteiger partial charge in [-0.15, -0.1) is 0 Å². The van der Waals surface area contributed by atoms with Crippen LogP contribution in [0.15, 0.2) is 0 Å². The lowest BCUT2D eigenvalue weighted by atomic mass is 10.2. The van der Waals surface area contributed by atoms with Crippen LogP contribution in [0.1, 0.15) is 19.3 Å². The van der Waals surface area contributed by atoms with E-state index in [9.17, 15) is 14.0 Å². The highest BCUT2D eigenvalue weighted by atomic mass is 19.1. The average molecular weight is 198 g/mol. The lowest BCUT2D eigenvalue weighted by Crippen LogP contribution is -2.36. The van der Waals surface area contributed by atoms with Crippen LogP contribution in [0.5, 0.6) is 0 Å². The first-order valence-corrected chi connectivity index (χ1v) is 4.96. The molecule has 3 amide bonds. The van der Waals surface area contributed by atoms with Crippen molar-refractivity contribution >= 4 is 11.9 Å². The Labute approximate surface area is 80.6 Å². The highest BCUT2D eigenvalue weighted by Crippen LogP contribution is 2.36. The first-order chi connectivity index (χ1) is 6.68. The molecule has 0 radical (unpaired) electrons. The van der Waals surface area contributed by atoms with Gasteiger partial charge in [0.25, 0.3) is 5.91 Å². The minimum absolute atomic E-state index is 0.0957. The van der Waals surface area contributed by atoms with Gasteiger partial charge in [-0.2, -0.15) is 0 Å². The quantitative estimate of drug-likeness (QED) is 0.576. The van der Waals surface area contributed by atoms with Crippen LogP contribution in [0.3, 0.4) is 0 Å². The summed E-state index contributed by atoms with van der Waals surface area (Å²) in [7, 11) is 0. The zero-order chi connectivity index (χ0) is 9.87. The Balaban J connectivity index is 1.88. The maximum atomic E-state index is 13.0. The summed E-state index contributed by atoms with van der Waals surface area (Å²) in [6.07, 6.45) is 0.997. The maximum absolute atomic E-state index is 13.0. The molecule has 2 heterocycles. The Morgan fingerprint density at radius 1 is 1.29 bits per heavy atom. The molecular weight excluding hydrogens is 187 g/mol. The Morgan fingerprint density at radius 2 is 2.00 bits per heavy atom. The van der Waals surface area contributed by atoms with Crippen molar-refractivity contribution in [2.75, 3.05) is 6.54 Å². The molecule has 0 aromatic heterocycles. The van der Waals surface area contributed by atoms with Gasteiger partial charge in [0.05, 0.1) is 6.54 Å². The van der Waals surface area contributed by atoms with Crippen LogP contribution >= 0.6 is 0 Å². The summed E-state index contributed by atoms with van der Waals surface area (Å²) in [5.41, 5.74) is 0. The van der Waals surface area contributed by atoms with Crippen LogP contribution in [0.4, 0.5) is 9.18 Å². The smallest absolute Gasteiger partial charge is 0.309 e. The minimum atomic E-state index is -1.02. The average Bonchev–Trinajstić information content (AvgIpc) is 2.83. The molecule has 2 atom stereocenters. The molecule has 0 unspecified atom stereocenters. The molecule has 0 aromatic rings. The number of carbonyl (C=O) groups is 2. The molecule has 3 aliphatic rings. The number of hydrogen-bond acceptors (Lipinski definition) is 2. The lowest BCUT2D eigenvalue weighted by Gasteiger charge is -2.14. The Kier molecular flexibility index (Phi) is 1.44. The summed E-state index contributed by atoms with van der Waals surface area (Å²) in [5, 5.41) is 0. The molecule has 0 bridgehead atoms. The third-order valence-electron chi connectivity index (χ3n) is 3.14. The van der Waals surface area contributed by atoms with Gasteiger partial charge in [-0.3, -0.25) is 9.69 Å². The Bertz CT molecular complexity index is 292. The Morgan fingerprint density at radius 3 is 2.57 bits per heavy atom.